The summed E-state index contributed by atoms with van der Waals surface area (Å²) in [5, 5.41) is 7.59. The van der Waals surface area contributed by atoms with Gasteiger partial charge < -0.3 is 13.7 Å². The number of rotatable bonds is 4. The van der Waals surface area contributed by atoms with Gasteiger partial charge in [-0.25, -0.2) is 0 Å². The Hall–Kier alpha value is -6.84. The molecule has 0 fully saturated rings. The largest absolute Gasteiger partial charge is 0.309 e. The summed E-state index contributed by atoms with van der Waals surface area (Å²) < 4.78 is 7.19. The summed E-state index contributed by atoms with van der Waals surface area (Å²) in [7, 11) is 0. The maximum absolute atomic E-state index is 2.40. The Morgan fingerprint density at radius 2 is 0.588 bits per heavy atom. The van der Waals surface area contributed by atoms with Crippen LogP contribution in [0, 0.1) is 0 Å². The molecule has 51 heavy (non-hydrogen) atoms. The second-order valence-electron chi connectivity index (χ2n) is 13.4. The van der Waals surface area contributed by atoms with Crippen molar-refractivity contribution in [2.45, 2.75) is 0 Å². The van der Waals surface area contributed by atoms with Crippen LogP contribution in [0.5, 0.6) is 0 Å². The third kappa shape index (κ3) is 4.12. The minimum Gasteiger partial charge on any atom is -0.309 e. The van der Waals surface area contributed by atoms with Crippen molar-refractivity contribution in [3.8, 4) is 28.2 Å². The molecule has 0 aliphatic rings. The van der Waals surface area contributed by atoms with Gasteiger partial charge in [-0.2, -0.15) is 0 Å². The highest BCUT2D eigenvalue weighted by molar-refractivity contribution is 6.12. The van der Waals surface area contributed by atoms with E-state index in [1.54, 1.807) is 0 Å². The third-order valence-corrected chi connectivity index (χ3v) is 10.6. The van der Waals surface area contributed by atoms with Crippen LogP contribution in [0.25, 0.3) is 93.6 Å². The van der Waals surface area contributed by atoms with Crippen molar-refractivity contribution in [3.05, 3.63) is 188 Å². The van der Waals surface area contributed by atoms with Crippen LogP contribution in [-0.4, -0.2) is 13.7 Å². The van der Waals surface area contributed by atoms with Crippen molar-refractivity contribution in [3.63, 3.8) is 0 Å². The number of nitrogens with zero attached hydrogens (tertiary/aromatic N) is 3. The van der Waals surface area contributed by atoms with E-state index in [0.717, 1.165) is 11.4 Å². The number of hydrogen-bond donors (Lipinski definition) is 0. The van der Waals surface area contributed by atoms with Gasteiger partial charge in [0.05, 0.1) is 33.1 Å². The molecule has 0 unspecified atom stereocenters. The third-order valence-electron chi connectivity index (χ3n) is 10.6. The summed E-state index contributed by atoms with van der Waals surface area (Å²) in [5.74, 6) is 0. The highest BCUT2D eigenvalue weighted by Crippen LogP contribution is 2.38. The smallest absolute Gasteiger partial charge is 0.0542 e. The van der Waals surface area contributed by atoms with Gasteiger partial charge in [0.1, 0.15) is 0 Å². The quantitative estimate of drug-likeness (QED) is 0.180. The molecular formula is C48H31N3. The second-order valence-corrected chi connectivity index (χ2v) is 13.4. The zero-order valence-electron chi connectivity index (χ0n) is 27.7. The predicted molar refractivity (Wildman–Crippen MR) is 215 cm³/mol. The fourth-order valence-electron chi connectivity index (χ4n) is 8.41. The minimum absolute atomic E-state index is 1.15. The molecule has 238 valence electrons. The number of fused-ring (bicyclic) bond motifs is 9. The molecule has 3 nitrogen and oxygen atoms in total. The summed E-state index contributed by atoms with van der Waals surface area (Å²) in [6.45, 7) is 0. The first-order valence-corrected chi connectivity index (χ1v) is 17.5. The average molecular weight is 650 g/mol. The first-order chi connectivity index (χ1) is 25.3. The summed E-state index contributed by atoms with van der Waals surface area (Å²) in [6.07, 6.45) is 0. The molecule has 8 aromatic carbocycles. The van der Waals surface area contributed by atoms with Crippen LogP contribution in [0.2, 0.25) is 0 Å². The van der Waals surface area contributed by atoms with Crippen molar-refractivity contribution >= 4 is 65.4 Å². The van der Waals surface area contributed by atoms with E-state index in [1.807, 2.05) is 0 Å². The van der Waals surface area contributed by atoms with Crippen LogP contribution in [0.3, 0.4) is 0 Å². The number of hydrogen-bond acceptors (Lipinski definition) is 0. The molecule has 0 saturated carbocycles. The van der Waals surface area contributed by atoms with Crippen molar-refractivity contribution in [1.82, 2.24) is 13.7 Å². The van der Waals surface area contributed by atoms with Gasteiger partial charge in [-0.3, -0.25) is 0 Å². The average Bonchev–Trinajstić information content (AvgIpc) is 3.84. The van der Waals surface area contributed by atoms with Crippen molar-refractivity contribution in [2.75, 3.05) is 0 Å². The van der Waals surface area contributed by atoms with Crippen LogP contribution >= 0.6 is 0 Å². The van der Waals surface area contributed by atoms with Gasteiger partial charge in [0.15, 0.2) is 0 Å². The maximum Gasteiger partial charge on any atom is 0.0542 e. The molecular weight excluding hydrogens is 619 g/mol. The number of para-hydroxylation sites is 5. The molecule has 0 atom stereocenters. The standard InChI is InChI=1S/C48H31N3/c1-6-19-43-37(14-1)38-15-2-7-20-44(38)50(43)35-13-11-12-33(30-35)32-24-26-34(27-25-32)49-47-23-10-5-18-41(47)42-31-36(28-29-48(42)49)51-45-21-8-3-16-39(45)40-17-4-9-22-46(40)51/h1-31H. The topological polar surface area (TPSA) is 14.8 Å². The molecule has 0 radical (unpaired) electrons. The van der Waals surface area contributed by atoms with Gasteiger partial charge >= 0.3 is 0 Å². The lowest BCUT2D eigenvalue weighted by Crippen LogP contribution is -1.96. The molecule has 0 saturated heterocycles. The SMILES string of the molecule is c1cc(-c2ccc(-n3c4ccccc4c4cc(-n5c6ccccc6c6ccccc65)ccc43)cc2)cc(-n2c3ccccc3c3ccccc32)c1. The first-order valence-electron chi connectivity index (χ1n) is 17.5. The Morgan fingerprint density at radius 1 is 0.216 bits per heavy atom. The van der Waals surface area contributed by atoms with Gasteiger partial charge in [-0.05, 0) is 83.9 Å². The zero-order chi connectivity index (χ0) is 33.5. The van der Waals surface area contributed by atoms with Gasteiger partial charge in [0.25, 0.3) is 0 Å². The molecule has 3 aromatic heterocycles. The van der Waals surface area contributed by atoms with Gasteiger partial charge in [-0.1, -0.05) is 115 Å². The fourth-order valence-corrected chi connectivity index (χ4v) is 8.41. The normalized spacial score (nSPS) is 11.9. The number of aromatic nitrogens is 3. The molecule has 0 aliphatic heterocycles. The van der Waals surface area contributed by atoms with Crippen LogP contribution in [0.1, 0.15) is 0 Å². The molecule has 0 N–H and O–H groups in total. The van der Waals surface area contributed by atoms with Crippen LogP contribution in [-0.2, 0) is 0 Å². The zero-order valence-corrected chi connectivity index (χ0v) is 27.7. The lowest BCUT2D eigenvalue weighted by Gasteiger charge is -2.12. The van der Waals surface area contributed by atoms with E-state index in [-0.39, 0.29) is 0 Å². The molecule has 11 aromatic rings. The minimum atomic E-state index is 1.15. The summed E-state index contributed by atoms with van der Waals surface area (Å²) >= 11 is 0. The molecule has 0 bridgehead atoms. The second kappa shape index (κ2) is 10.8. The highest BCUT2D eigenvalue weighted by Gasteiger charge is 2.17. The van der Waals surface area contributed by atoms with E-state index >= 15 is 0 Å². The van der Waals surface area contributed by atoms with E-state index in [0.29, 0.717) is 0 Å². The Kier molecular flexibility index (Phi) is 5.96. The fraction of sp³-hybridized carbons (Fsp3) is 0. The van der Waals surface area contributed by atoms with E-state index < -0.39 is 0 Å². The Balaban J connectivity index is 1.03. The molecule has 0 amide bonds. The van der Waals surface area contributed by atoms with Crippen molar-refractivity contribution < 1.29 is 0 Å². The summed E-state index contributed by atoms with van der Waals surface area (Å²) in [5.41, 5.74) is 13.1. The molecule has 11 rings (SSSR count). The Labute approximate surface area is 294 Å². The van der Waals surface area contributed by atoms with Crippen LogP contribution in [0.4, 0.5) is 0 Å². The Morgan fingerprint density at radius 3 is 1.08 bits per heavy atom. The van der Waals surface area contributed by atoms with Crippen LogP contribution < -0.4 is 0 Å². The monoisotopic (exact) mass is 649 g/mol. The Bertz CT molecular complexity index is 3030. The summed E-state index contributed by atoms with van der Waals surface area (Å²) in [4.78, 5) is 0. The van der Waals surface area contributed by atoms with Crippen LogP contribution in [0.15, 0.2) is 188 Å². The number of benzene rings is 8. The summed E-state index contributed by atoms with van der Waals surface area (Å²) in [6, 6.07) is 68.4. The lowest BCUT2D eigenvalue weighted by molar-refractivity contribution is 1.16. The van der Waals surface area contributed by atoms with E-state index in [4.69, 9.17) is 0 Å². The molecule has 0 spiro atoms. The van der Waals surface area contributed by atoms with Gasteiger partial charge in [0, 0.05) is 49.4 Å². The predicted octanol–water partition coefficient (Wildman–Crippen LogP) is 12.6. The van der Waals surface area contributed by atoms with Crippen molar-refractivity contribution in [2.24, 2.45) is 0 Å². The van der Waals surface area contributed by atoms with E-state index in [2.05, 4.69) is 202 Å². The molecule has 3 heteroatoms. The first kappa shape index (κ1) is 28.0. The molecule has 0 aliphatic carbocycles. The van der Waals surface area contributed by atoms with Crippen molar-refractivity contribution in [1.29, 1.82) is 0 Å². The maximum atomic E-state index is 2.40. The highest BCUT2D eigenvalue weighted by atomic mass is 15.0. The van der Waals surface area contributed by atoms with E-state index in [9.17, 15) is 0 Å². The lowest BCUT2D eigenvalue weighted by atomic mass is 10.0. The van der Waals surface area contributed by atoms with Gasteiger partial charge in [0.2, 0.25) is 0 Å². The van der Waals surface area contributed by atoms with Gasteiger partial charge in [-0.15, -0.1) is 0 Å². The molecule has 3 heterocycles. The van der Waals surface area contributed by atoms with E-state index in [1.165, 1.54) is 82.2 Å².